The van der Waals surface area contributed by atoms with Gasteiger partial charge in [0, 0.05) is 25.9 Å². The van der Waals surface area contributed by atoms with Gasteiger partial charge in [0.2, 0.25) is 0 Å². The second-order valence-electron chi connectivity index (χ2n) is 5.05. The average molecular weight is 238 g/mol. The summed E-state index contributed by atoms with van der Waals surface area (Å²) in [4.78, 5) is 22.8. The topological polar surface area (TPSA) is 52.6 Å². The van der Waals surface area contributed by atoms with Crippen molar-refractivity contribution in [2.75, 3.05) is 7.11 Å². The van der Waals surface area contributed by atoms with E-state index in [1.165, 1.54) is 6.92 Å². The summed E-state index contributed by atoms with van der Waals surface area (Å²) in [6, 6.07) is 0. The lowest BCUT2D eigenvalue weighted by Gasteiger charge is -2.37. The molecule has 0 N–H and O–H groups in total. The number of esters is 1. The summed E-state index contributed by atoms with van der Waals surface area (Å²) < 4.78 is 10.6. The van der Waals surface area contributed by atoms with E-state index >= 15 is 0 Å². The Balaban J connectivity index is 2.25. The fourth-order valence-corrected chi connectivity index (χ4v) is 3.03. The molecule has 2 aliphatic carbocycles. The third kappa shape index (κ3) is 2.02. The van der Waals surface area contributed by atoms with Crippen molar-refractivity contribution in [1.29, 1.82) is 0 Å². The Kier molecular flexibility index (Phi) is 3.08. The van der Waals surface area contributed by atoms with Gasteiger partial charge in [-0.1, -0.05) is 12.5 Å². The lowest BCUT2D eigenvalue weighted by Crippen LogP contribution is -2.41. The molecule has 0 aromatic heterocycles. The number of carbonyl (C=O) groups excluding carboxylic acids is 2. The van der Waals surface area contributed by atoms with Gasteiger partial charge in [0.25, 0.3) is 0 Å². The van der Waals surface area contributed by atoms with Crippen LogP contribution in [0.3, 0.4) is 0 Å². The zero-order chi connectivity index (χ0) is 12.6. The van der Waals surface area contributed by atoms with E-state index in [0.717, 1.165) is 18.4 Å². The maximum Gasteiger partial charge on any atom is 0.303 e. The van der Waals surface area contributed by atoms with E-state index in [1.807, 2.05) is 0 Å². The quantitative estimate of drug-likeness (QED) is 0.686. The molecule has 0 aromatic rings. The highest BCUT2D eigenvalue weighted by Gasteiger charge is 2.49. The van der Waals surface area contributed by atoms with Crippen LogP contribution in [-0.4, -0.2) is 31.1 Å². The molecular formula is C13H18O4. The molecule has 1 fully saturated rings. The third-order valence-electron chi connectivity index (χ3n) is 3.96. The van der Waals surface area contributed by atoms with Crippen molar-refractivity contribution in [1.82, 2.24) is 0 Å². The SMILES string of the molecule is CO[C@H]1CCC2=CC(=O)[C@H](OC(C)=O)C[C@@]21C. The predicted octanol–water partition coefficient (Wildman–Crippen LogP) is 1.63. The molecule has 0 unspecified atom stereocenters. The van der Waals surface area contributed by atoms with Crippen molar-refractivity contribution in [3.63, 3.8) is 0 Å². The van der Waals surface area contributed by atoms with E-state index in [2.05, 4.69) is 6.92 Å². The highest BCUT2D eigenvalue weighted by molar-refractivity contribution is 5.96. The van der Waals surface area contributed by atoms with Gasteiger partial charge in [-0.05, 0) is 18.9 Å². The Bertz CT molecular complexity index is 385. The highest BCUT2D eigenvalue weighted by Crippen LogP contribution is 2.50. The van der Waals surface area contributed by atoms with Crippen molar-refractivity contribution in [2.45, 2.75) is 45.3 Å². The minimum absolute atomic E-state index is 0.0931. The average Bonchev–Trinajstić information content (AvgIpc) is 2.54. The van der Waals surface area contributed by atoms with Crippen LogP contribution in [0.25, 0.3) is 0 Å². The fourth-order valence-electron chi connectivity index (χ4n) is 3.03. The fraction of sp³-hybridized carbons (Fsp3) is 0.692. The van der Waals surface area contributed by atoms with E-state index in [1.54, 1.807) is 13.2 Å². The minimum Gasteiger partial charge on any atom is -0.454 e. The Labute approximate surface area is 101 Å². The molecule has 0 heterocycles. The Morgan fingerprint density at radius 1 is 1.53 bits per heavy atom. The largest absolute Gasteiger partial charge is 0.454 e. The Hall–Kier alpha value is -1.16. The summed E-state index contributed by atoms with van der Waals surface area (Å²) in [5.74, 6) is -0.500. The number of rotatable bonds is 2. The smallest absolute Gasteiger partial charge is 0.303 e. The third-order valence-corrected chi connectivity index (χ3v) is 3.96. The highest BCUT2D eigenvalue weighted by atomic mass is 16.5. The van der Waals surface area contributed by atoms with Gasteiger partial charge in [-0.3, -0.25) is 9.59 Å². The predicted molar refractivity (Wildman–Crippen MR) is 61.4 cm³/mol. The van der Waals surface area contributed by atoms with Gasteiger partial charge in [-0.25, -0.2) is 0 Å². The van der Waals surface area contributed by atoms with Crippen LogP contribution in [0.1, 0.15) is 33.1 Å². The van der Waals surface area contributed by atoms with Gasteiger partial charge in [-0.15, -0.1) is 0 Å². The molecule has 4 nitrogen and oxygen atoms in total. The zero-order valence-corrected chi connectivity index (χ0v) is 10.5. The second-order valence-corrected chi connectivity index (χ2v) is 5.05. The van der Waals surface area contributed by atoms with Gasteiger partial charge >= 0.3 is 5.97 Å². The van der Waals surface area contributed by atoms with Crippen LogP contribution in [0.4, 0.5) is 0 Å². The first-order chi connectivity index (χ1) is 7.97. The van der Waals surface area contributed by atoms with Crippen LogP contribution in [0.5, 0.6) is 0 Å². The van der Waals surface area contributed by atoms with Crippen LogP contribution in [0.2, 0.25) is 0 Å². The molecule has 17 heavy (non-hydrogen) atoms. The van der Waals surface area contributed by atoms with E-state index in [4.69, 9.17) is 9.47 Å². The van der Waals surface area contributed by atoms with Crippen LogP contribution in [0, 0.1) is 5.41 Å². The van der Waals surface area contributed by atoms with Crippen molar-refractivity contribution >= 4 is 11.8 Å². The normalized spacial score (nSPS) is 36.4. The maximum atomic E-state index is 11.8. The number of fused-ring (bicyclic) bond motifs is 1. The Morgan fingerprint density at radius 2 is 2.24 bits per heavy atom. The summed E-state index contributed by atoms with van der Waals surface area (Å²) in [7, 11) is 1.69. The summed E-state index contributed by atoms with van der Waals surface area (Å²) in [5.41, 5.74) is 0.973. The number of ketones is 1. The lowest BCUT2D eigenvalue weighted by atomic mass is 9.73. The molecule has 3 atom stereocenters. The van der Waals surface area contributed by atoms with Gasteiger partial charge in [0.05, 0.1) is 6.10 Å². The van der Waals surface area contributed by atoms with Gasteiger partial charge in [0.1, 0.15) is 0 Å². The molecule has 2 aliphatic rings. The first-order valence-electron chi connectivity index (χ1n) is 5.92. The number of ether oxygens (including phenoxy) is 2. The zero-order valence-electron chi connectivity index (χ0n) is 10.5. The minimum atomic E-state index is -0.642. The molecule has 0 saturated heterocycles. The van der Waals surface area contributed by atoms with Crippen molar-refractivity contribution < 1.29 is 19.1 Å². The molecule has 2 rings (SSSR count). The number of methoxy groups -OCH3 is 1. The van der Waals surface area contributed by atoms with Gasteiger partial charge in [-0.2, -0.15) is 0 Å². The second kappa shape index (κ2) is 4.26. The summed E-state index contributed by atoms with van der Waals surface area (Å²) >= 11 is 0. The van der Waals surface area contributed by atoms with Crippen LogP contribution >= 0.6 is 0 Å². The van der Waals surface area contributed by atoms with Crippen molar-refractivity contribution in [2.24, 2.45) is 5.41 Å². The molecule has 0 aliphatic heterocycles. The molecule has 1 saturated carbocycles. The van der Waals surface area contributed by atoms with Gasteiger partial charge < -0.3 is 9.47 Å². The molecule has 4 heteroatoms. The molecule has 94 valence electrons. The molecule has 0 amide bonds. The van der Waals surface area contributed by atoms with Crippen LogP contribution in [0.15, 0.2) is 11.6 Å². The Morgan fingerprint density at radius 3 is 2.82 bits per heavy atom. The molecule has 0 spiro atoms. The van der Waals surface area contributed by atoms with E-state index in [0.29, 0.717) is 6.42 Å². The number of carbonyl (C=O) groups is 2. The standard InChI is InChI=1S/C13H18O4/c1-8(14)17-11-7-13(2)9(6-10(11)15)4-5-12(13)16-3/h6,11-12H,4-5,7H2,1-3H3/t11-,12+,13+/m1/s1. The van der Waals surface area contributed by atoms with E-state index in [-0.39, 0.29) is 17.3 Å². The van der Waals surface area contributed by atoms with Crippen LogP contribution < -0.4 is 0 Å². The maximum absolute atomic E-state index is 11.8. The molecule has 0 radical (unpaired) electrons. The summed E-state index contributed by atoms with van der Waals surface area (Å²) in [6.45, 7) is 3.42. The van der Waals surface area contributed by atoms with Crippen molar-refractivity contribution in [3.05, 3.63) is 11.6 Å². The summed E-state index contributed by atoms with van der Waals surface area (Å²) in [5, 5.41) is 0. The number of hydrogen-bond donors (Lipinski definition) is 0. The molecular weight excluding hydrogens is 220 g/mol. The van der Waals surface area contributed by atoms with Gasteiger partial charge in [0.15, 0.2) is 11.9 Å². The first-order valence-corrected chi connectivity index (χ1v) is 5.92. The van der Waals surface area contributed by atoms with Crippen LogP contribution in [-0.2, 0) is 19.1 Å². The van der Waals surface area contributed by atoms with E-state index in [9.17, 15) is 9.59 Å². The number of hydrogen-bond acceptors (Lipinski definition) is 4. The lowest BCUT2D eigenvalue weighted by molar-refractivity contribution is -0.154. The summed E-state index contributed by atoms with van der Waals surface area (Å²) in [6.07, 6.45) is 3.48. The van der Waals surface area contributed by atoms with E-state index < -0.39 is 12.1 Å². The first kappa shape index (κ1) is 12.3. The molecule has 0 bridgehead atoms. The monoisotopic (exact) mass is 238 g/mol. The van der Waals surface area contributed by atoms with Crippen molar-refractivity contribution in [3.8, 4) is 0 Å². The molecule has 0 aromatic carbocycles.